The van der Waals surface area contributed by atoms with Crippen LogP contribution in [0.4, 0.5) is 14.6 Å². The predicted octanol–water partition coefficient (Wildman–Crippen LogP) is 2.25. The Balaban J connectivity index is 2.84. The molecule has 0 saturated heterocycles. The molecule has 0 bridgehead atoms. The molecule has 0 aliphatic heterocycles. The number of hydrogen-bond donors (Lipinski definition) is 0. The number of rotatable bonds is 3. The number of alkyl halides is 2. The molecule has 1 rings (SSSR count). The molecule has 6 heteroatoms. The van der Waals surface area contributed by atoms with Gasteiger partial charge in [-0.3, -0.25) is 0 Å². The summed E-state index contributed by atoms with van der Waals surface area (Å²) in [5.41, 5.74) is 0. The zero-order valence-electron chi connectivity index (χ0n) is 7.84. The van der Waals surface area contributed by atoms with Crippen molar-refractivity contribution >= 4 is 21.7 Å². The van der Waals surface area contributed by atoms with Crippen LogP contribution < -0.4 is 4.90 Å². The van der Waals surface area contributed by atoms with Crippen LogP contribution in [-0.2, 0) is 0 Å². The smallest absolute Gasteiger partial charge is 0.255 e. The van der Waals surface area contributed by atoms with Crippen molar-refractivity contribution in [3.05, 3.63) is 16.5 Å². The van der Waals surface area contributed by atoms with Gasteiger partial charge in [-0.25, -0.2) is 18.7 Å². The van der Waals surface area contributed by atoms with Gasteiger partial charge >= 0.3 is 0 Å². The molecule has 0 spiro atoms. The first-order chi connectivity index (χ1) is 6.49. The van der Waals surface area contributed by atoms with Crippen molar-refractivity contribution in [2.45, 2.75) is 13.3 Å². The van der Waals surface area contributed by atoms with Crippen LogP contribution in [0.1, 0.15) is 5.82 Å². The third kappa shape index (κ3) is 3.17. The highest BCUT2D eigenvalue weighted by Crippen LogP contribution is 2.15. The van der Waals surface area contributed by atoms with E-state index in [-0.39, 0.29) is 6.54 Å². The molecule has 1 heterocycles. The molecule has 0 saturated carbocycles. The number of aryl methyl sites for hydroxylation is 1. The van der Waals surface area contributed by atoms with Crippen molar-refractivity contribution in [2.24, 2.45) is 0 Å². The summed E-state index contributed by atoms with van der Waals surface area (Å²) in [6.45, 7) is 1.38. The summed E-state index contributed by atoms with van der Waals surface area (Å²) in [6.07, 6.45) is -2.37. The van der Waals surface area contributed by atoms with Gasteiger partial charge < -0.3 is 4.90 Å². The fraction of sp³-hybridized carbons (Fsp3) is 0.500. The number of anilines is 1. The lowest BCUT2D eigenvalue weighted by Crippen LogP contribution is -2.25. The quantitative estimate of drug-likeness (QED) is 0.786. The normalized spacial score (nSPS) is 10.7. The Morgan fingerprint density at radius 1 is 1.50 bits per heavy atom. The van der Waals surface area contributed by atoms with E-state index in [1.54, 1.807) is 20.0 Å². The monoisotopic (exact) mass is 265 g/mol. The number of halogens is 3. The molecule has 0 N–H and O–H groups in total. The fourth-order valence-electron chi connectivity index (χ4n) is 1.01. The van der Waals surface area contributed by atoms with Gasteiger partial charge in [0.15, 0.2) is 0 Å². The minimum atomic E-state index is -2.37. The summed E-state index contributed by atoms with van der Waals surface area (Å²) in [5, 5.41) is 0. The molecular weight excluding hydrogens is 256 g/mol. The van der Waals surface area contributed by atoms with E-state index >= 15 is 0 Å². The second-order valence-electron chi connectivity index (χ2n) is 2.87. The fourth-order valence-corrected chi connectivity index (χ4v) is 1.47. The predicted molar refractivity (Wildman–Crippen MR) is 53.7 cm³/mol. The number of aromatic nitrogens is 2. The highest BCUT2D eigenvalue weighted by Gasteiger charge is 2.10. The third-order valence-corrected chi connectivity index (χ3v) is 2.00. The van der Waals surface area contributed by atoms with Gasteiger partial charge in [0.2, 0.25) is 0 Å². The summed E-state index contributed by atoms with van der Waals surface area (Å²) >= 11 is 3.18. The van der Waals surface area contributed by atoms with Crippen LogP contribution in [0, 0.1) is 6.92 Å². The molecule has 3 nitrogen and oxygen atoms in total. The van der Waals surface area contributed by atoms with E-state index in [4.69, 9.17) is 0 Å². The molecule has 0 fully saturated rings. The average Bonchev–Trinajstić information content (AvgIpc) is 2.00. The van der Waals surface area contributed by atoms with E-state index in [2.05, 4.69) is 25.9 Å². The van der Waals surface area contributed by atoms with Crippen LogP contribution in [0.15, 0.2) is 10.7 Å². The number of nitrogens with zero attached hydrogens (tertiary/aromatic N) is 3. The van der Waals surface area contributed by atoms with Crippen LogP contribution >= 0.6 is 15.9 Å². The SMILES string of the molecule is Cc1nc(Br)cc(N(C)CC(F)F)n1. The van der Waals surface area contributed by atoms with E-state index in [0.29, 0.717) is 16.2 Å². The Morgan fingerprint density at radius 2 is 2.14 bits per heavy atom. The van der Waals surface area contributed by atoms with Crippen LogP contribution in [0.2, 0.25) is 0 Å². The summed E-state index contributed by atoms with van der Waals surface area (Å²) < 4.78 is 24.7. The van der Waals surface area contributed by atoms with E-state index < -0.39 is 6.43 Å². The Kier molecular flexibility index (Phi) is 3.74. The number of hydrogen-bond acceptors (Lipinski definition) is 3. The first kappa shape index (κ1) is 11.3. The lowest BCUT2D eigenvalue weighted by molar-refractivity contribution is 0.156. The van der Waals surface area contributed by atoms with Gasteiger partial charge in [-0.15, -0.1) is 0 Å². The van der Waals surface area contributed by atoms with Crippen molar-refractivity contribution in [1.82, 2.24) is 9.97 Å². The van der Waals surface area contributed by atoms with Gasteiger partial charge in [-0.1, -0.05) is 0 Å². The Morgan fingerprint density at radius 3 is 2.64 bits per heavy atom. The highest BCUT2D eigenvalue weighted by molar-refractivity contribution is 9.10. The zero-order chi connectivity index (χ0) is 10.7. The lowest BCUT2D eigenvalue weighted by Gasteiger charge is -2.17. The summed E-state index contributed by atoms with van der Waals surface area (Å²) in [6, 6.07) is 1.61. The second kappa shape index (κ2) is 4.63. The van der Waals surface area contributed by atoms with Gasteiger partial charge in [0.05, 0.1) is 6.54 Å². The molecule has 0 atom stereocenters. The first-order valence-electron chi connectivity index (χ1n) is 3.99. The lowest BCUT2D eigenvalue weighted by atomic mass is 10.5. The maximum Gasteiger partial charge on any atom is 0.255 e. The minimum Gasteiger partial charge on any atom is -0.354 e. The molecule has 14 heavy (non-hydrogen) atoms. The second-order valence-corrected chi connectivity index (χ2v) is 3.68. The largest absolute Gasteiger partial charge is 0.354 e. The van der Waals surface area contributed by atoms with Crippen molar-refractivity contribution in [3.63, 3.8) is 0 Å². The van der Waals surface area contributed by atoms with E-state index in [9.17, 15) is 8.78 Å². The topological polar surface area (TPSA) is 29.0 Å². The molecule has 0 radical (unpaired) electrons. The van der Waals surface area contributed by atoms with Crippen molar-refractivity contribution < 1.29 is 8.78 Å². The van der Waals surface area contributed by atoms with Crippen LogP contribution in [0.5, 0.6) is 0 Å². The van der Waals surface area contributed by atoms with E-state index in [1.807, 2.05) is 0 Å². The maximum atomic E-state index is 12.1. The molecule has 1 aromatic heterocycles. The van der Waals surface area contributed by atoms with Gasteiger partial charge in [0, 0.05) is 13.1 Å². The van der Waals surface area contributed by atoms with Gasteiger partial charge in [-0.05, 0) is 22.9 Å². The van der Waals surface area contributed by atoms with Gasteiger partial charge in [-0.2, -0.15) is 0 Å². The minimum absolute atomic E-state index is 0.330. The Labute approximate surface area is 89.3 Å². The molecule has 0 aromatic carbocycles. The molecular formula is C8H10BrF2N3. The van der Waals surface area contributed by atoms with Gasteiger partial charge in [0.1, 0.15) is 16.2 Å². The van der Waals surface area contributed by atoms with E-state index in [0.717, 1.165) is 0 Å². The third-order valence-electron chi connectivity index (χ3n) is 1.60. The zero-order valence-corrected chi connectivity index (χ0v) is 9.42. The van der Waals surface area contributed by atoms with Crippen LogP contribution in [0.3, 0.4) is 0 Å². The van der Waals surface area contributed by atoms with Crippen LogP contribution in [-0.4, -0.2) is 30.0 Å². The highest BCUT2D eigenvalue weighted by atomic mass is 79.9. The summed E-state index contributed by atoms with van der Waals surface area (Å²) in [5.74, 6) is 1.04. The Hall–Kier alpha value is -0.780. The molecule has 78 valence electrons. The van der Waals surface area contributed by atoms with E-state index in [1.165, 1.54) is 4.90 Å². The molecule has 0 amide bonds. The van der Waals surface area contributed by atoms with Crippen LogP contribution in [0.25, 0.3) is 0 Å². The average molecular weight is 266 g/mol. The van der Waals surface area contributed by atoms with Crippen molar-refractivity contribution in [1.29, 1.82) is 0 Å². The molecule has 0 unspecified atom stereocenters. The van der Waals surface area contributed by atoms with Crippen molar-refractivity contribution in [2.75, 3.05) is 18.5 Å². The van der Waals surface area contributed by atoms with Crippen molar-refractivity contribution in [3.8, 4) is 0 Å². The molecule has 0 aliphatic rings. The first-order valence-corrected chi connectivity index (χ1v) is 4.79. The Bertz CT molecular complexity index is 299. The maximum absolute atomic E-state index is 12.1. The summed E-state index contributed by atoms with van der Waals surface area (Å²) in [7, 11) is 1.57. The molecule has 1 aromatic rings. The van der Waals surface area contributed by atoms with Gasteiger partial charge in [0.25, 0.3) is 6.43 Å². The molecule has 0 aliphatic carbocycles. The standard InChI is InChI=1S/C8H10BrF2N3/c1-5-12-6(9)3-8(13-5)14(2)4-7(10)11/h3,7H,4H2,1-2H3. The summed E-state index contributed by atoms with van der Waals surface area (Å²) in [4.78, 5) is 9.42.